The number of nitrogens with zero attached hydrogens (tertiary/aromatic N) is 1. The number of aromatic nitrogens is 1. The van der Waals surface area contributed by atoms with Gasteiger partial charge in [0.15, 0.2) is 0 Å². The van der Waals surface area contributed by atoms with Gasteiger partial charge in [0.25, 0.3) is 0 Å². The lowest BCUT2D eigenvalue weighted by molar-refractivity contribution is 0.0685. The van der Waals surface area contributed by atoms with E-state index in [-0.39, 0.29) is 5.41 Å². The van der Waals surface area contributed by atoms with Crippen molar-refractivity contribution in [2.24, 2.45) is 0 Å². The molecule has 3 nitrogen and oxygen atoms in total. The van der Waals surface area contributed by atoms with Gasteiger partial charge in [0, 0.05) is 17.3 Å². The fraction of sp³-hybridized carbons (Fsp3) is 0.389. The maximum Gasteiger partial charge on any atom is 0.352 e. The standard InChI is InChI=1S/C18H21NO2/c1-18(2,3)14-7-5-4-6-13(14)15-10-11-16(17(20)21)19(15)12-8-9-12/h4-7,10-12H,8-9H2,1-3H3,(H,20,21). The monoisotopic (exact) mass is 283 g/mol. The number of benzene rings is 1. The van der Waals surface area contributed by atoms with Crippen LogP contribution in [0.3, 0.4) is 0 Å². The Morgan fingerprint density at radius 1 is 1.14 bits per heavy atom. The van der Waals surface area contributed by atoms with E-state index >= 15 is 0 Å². The topological polar surface area (TPSA) is 42.2 Å². The molecular weight excluding hydrogens is 262 g/mol. The second-order valence-electron chi connectivity index (χ2n) is 6.81. The summed E-state index contributed by atoms with van der Waals surface area (Å²) in [4.78, 5) is 11.5. The maximum atomic E-state index is 11.5. The smallest absolute Gasteiger partial charge is 0.352 e. The molecule has 2 aromatic rings. The Morgan fingerprint density at radius 2 is 1.81 bits per heavy atom. The van der Waals surface area contributed by atoms with Crippen molar-refractivity contribution in [2.45, 2.75) is 45.1 Å². The highest BCUT2D eigenvalue weighted by Gasteiger charge is 2.31. The highest BCUT2D eigenvalue weighted by atomic mass is 16.4. The summed E-state index contributed by atoms with van der Waals surface area (Å²) in [5.74, 6) is -0.846. The third kappa shape index (κ3) is 2.48. The number of carboxylic acids is 1. The van der Waals surface area contributed by atoms with Gasteiger partial charge in [-0.2, -0.15) is 0 Å². The first-order valence-electron chi connectivity index (χ1n) is 7.44. The van der Waals surface area contributed by atoms with Gasteiger partial charge in [0.1, 0.15) is 5.69 Å². The van der Waals surface area contributed by atoms with E-state index in [0.717, 1.165) is 24.1 Å². The zero-order valence-electron chi connectivity index (χ0n) is 12.8. The van der Waals surface area contributed by atoms with Crippen molar-refractivity contribution in [3.63, 3.8) is 0 Å². The third-order valence-electron chi connectivity index (χ3n) is 4.06. The Bertz CT molecular complexity index is 687. The molecule has 0 bridgehead atoms. The quantitative estimate of drug-likeness (QED) is 0.902. The summed E-state index contributed by atoms with van der Waals surface area (Å²) in [5, 5.41) is 9.41. The number of hydrogen-bond donors (Lipinski definition) is 1. The van der Waals surface area contributed by atoms with Crippen molar-refractivity contribution in [1.29, 1.82) is 0 Å². The number of carboxylic acid groups (broad SMARTS) is 1. The SMILES string of the molecule is CC(C)(C)c1ccccc1-c1ccc(C(=O)O)n1C1CC1. The molecule has 0 amide bonds. The molecule has 0 spiro atoms. The fourth-order valence-electron chi connectivity index (χ4n) is 2.93. The summed E-state index contributed by atoms with van der Waals surface area (Å²) in [7, 11) is 0. The van der Waals surface area contributed by atoms with Crippen LogP contribution >= 0.6 is 0 Å². The highest BCUT2D eigenvalue weighted by Crippen LogP contribution is 2.42. The maximum absolute atomic E-state index is 11.5. The van der Waals surface area contributed by atoms with Gasteiger partial charge in [0.2, 0.25) is 0 Å². The van der Waals surface area contributed by atoms with Crippen LogP contribution in [0.4, 0.5) is 0 Å². The molecule has 21 heavy (non-hydrogen) atoms. The van der Waals surface area contributed by atoms with Crippen molar-refractivity contribution in [3.05, 3.63) is 47.7 Å². The summed E-state index contributed by atoms with van der Waals surface area (Å²) in [6, 6.07) is 12.3. The molecule has 1 aromatic carbocycles. The fourth-order valence-corrected chi connectivity index (χ4v) is 2.93. The first kappa shape index (κ1) is 13.9. The van der Waals surface area contributed by atoms with Crippen LogP contribution in [0.5, 0.6) is 0 Å². The van der Waals surface area contributed by atoms with Gasteiger partial charge in [-0.15, -0.1) is 0 Å². The Labute approximate surface area is 125 Å². The minimum Gasteiger partial charge on any atom is -0.477 e. The van der Waals surface area contributed by atoms with E-state index in [2.05, 4.69) is 32.9 Å². The van der Waals surface area contributed by atoms with Crippen molar-refractivity contribution in [3.8, 4) is 11.3 Å². The zero-order chi connectivity index (χ0) is 15.2. The van der Waals surface area contributed by atoms with Crippen LogP contribution in [0, 0.1) is 0 Å². The lowest BCUT2D eigenvalue weighted by atomic mass is 9.83. The van der Waals surface area contributed by atoms with Gasteiger partial charge in [-0.05, 0) is 36.0 Å². The lowest BCUT2D eigenvalue weighted by Crippen LogP contribution is -2.14. The zero-order valence-corrected chi connectivity index (χ0v) is 12.8. The molecule has 1 fully saturated rings. The number of carbonyl (C=O) groups is 1. The van der Waals surface area contributed by atoms with E-state index in [1.165, 1.54) is 5.56 Å². The van der Waals surface area contributed by atoms with E-state index in [1.54, 1.807) is 6.07 Å². The number of rotatable bonds is 3. The van der Waals surface area contributed by atoms with Gasteiger partial charge in [-0.1, -0.05) is 45.0 Å². The summed E-state index contributed by atoms with van der Waals surface area (Å²) in [5.41, 5.74) is 3.85. The molecule has 1 aromatic heterocycles. The molecule has 3 rings (SSSR count). The average molecular weight is 283 g/mol. The Kier molecular flexibility index (Phi) is 3.16. The van der Waals surface area contributed by atoms with Crippen molar-refractivity contribution in [2.75, 3.05) is 0 Å². The predicted molar refractivity (Wildman–Crippen MR) is 83.8 cm³/mol. The van der Waals surface area contributed by atoms with E-state index in [9.17, 15) is 9.90 Å². The Balaban J connectivity index is 2.20. The van der Waals surface area contributed by atoms with E-state index in [4.69, 9.17) is 0 Å². The van der Waals surface area contributed by atoms with Crippen molar-refractivity contribution >= 4 is 5.97 Å². The number of aromatic carboxylic acids is 1. The van der Waals surface area contributed by atoms with E-state index in [1.807, 2.05) is 22.8 Å². The largest absolute Gasteiger partial charge is 0.477 e. The van der Waals surface area contributed by atoms with Gasteiger partial charge in [-0.3, -0.25) is 0 Å². The van der Waals surface area contributed by atoms with E-state index in [0.29, 0.717) is 11.7 Å². The summed E-state index contributed by atoms with van der Waals surface area (Å²) < 4.78 is 2.01. The van der Waals surface area contributed by atoms with Crippen LogP contribution in [-0.2, 0) is 5.41 Å². The van der Waals surface area contributed by atoms with Gasteiger partial charge < -0.3 is 9.67 Å². The molecule has 110 valence electrons. The molecule has 0 aliphatic heterocycles. The number of hydrogen-bond acceptors (Lipinski definition) is 1. The molecule has 3 heteroatoms. The van der Waals surface area contributed by atoms with Gasteiger partial charge in [-0.25, -0.2) is 4.79 Å². The van der Waals surface area contributed by atoms with E-state index < -0.39 is 5.97 Å². The Morgan fingerprint density at radius 3 is 2.38 bits per heavy atom. The average Bonchev–Trinajstić information content (AvgIpc) is 3.16. The second kappa shape index (κ2) is 4.76. The normalized spacial score (nSPS) is 15.2. The minimum absolute atomic E-state index is 0.0264. The van der Waals surface area contributed by atoms with Crippen molar-refractivity contribution in [1.82, 2.24) is 4.57 Å². The van der Waals surface area contributed by atoms with Crippen LogP contribution in [0.1, 0.15) is 55.7 Å². The van der Waals surface area contributed by atoms with Crippen LogP contribution in [-0.4, -0.2) is 15.6 Å². The molecule has 0 radical (unpaired) electrons. The van der Waals surface area contributed by atoms with Crippen molar-refractivity contribution < 1.29 is 9.90 Å². The Hall–Kier alpha value is -2.03. The highest BCUT2D eigenvalue weighted by molar-refractivity contribution is 5.88. The summed E-state index contributed by atoms with van der Waals surface area (Å²) >= 11 is 0. The van der Waals surface area contributed by atoms with Gasteiger partial charge >= 0.3 is 5.97 Å². The molecule has 0 saturated heterocycles. The van der Waals surface area contributed by atoms with Crippen LogP contribution < -0.4 is 0 Å². The molecule has 1 saturated carbocycles. The lowest BCUT2D eigenvalue weighted by Gasteiger charge is -2.24. The van der Waals surface area contributed by atoms with Crippen LogP contribution in [0.15, 0.2) is 36.4 Å². The molecule has 1 N–H and O–H groups in total. The molecule has 1 aliphatic carbocycles. The molecule has 0 atom stereocenters. The summed E-state index contributed by atoms with van der Waals surface area (Å²) in [6.45, 7) is 6.57. The van der Waals surface area contributed by atoms with Crippen LogP contribution in [0.25, 0.3) is 11.3 Å². The molecular formula is C18H21NO2. The van der Waals surface area contributed by atoms with Crippen LogP contribution in [0.2, 0.25) is 0 Å². The molecule has 1 heterocycles. The molecule has 0 unspecified atom stereocenters. The first-order valence-corrected chi connectivity index (χ1v) is 7.44. The minimum atomic E-state index is -0.846. The molecule has 1 aliphatic rings. The second-order valence-corrected chi connectivity index (χ2v) is 6.81. The predicted octanol–water partition coefficient (Wildman–Crippen LogP) is 4.49. The summed E-state index contributed by atoms with van der Waals surface area (Å²) in [6.07, 6.45) is 2.14. The third-order valence-corrected chi connectivity index (χ3v) is 4.06. The van der Waals surface area contributed by atoms with Gasteiger partial charge in [0.05, 0.1) is 0 Å². The first-order chi connectivity index (χ1) is 9.89.